The number of hydrogen-bond acceptors (Lipinski definition) is 4. The monoisotopic (exact) mass is 298 g/mol. The highest BCUT2D eigenvalue weighted by molar-refractivity contribution is 5.88. The Morgan fingerprint density at radius 2 is 1.95 bits per heavy atom. The van der Waals surface area contributed by atoms with Gasteiger partial charge in [0.2, 0.25) is 5.91 Å². The molecule has 0 heterocycles. The van der Waals surface area contributed by atoms with E-state index in [1.165, 1.54) is 6.92 Å². The molecule has 0 spiro atoms. The number of amides is 1. The minimum Gasteiger partial charge on any atom is -0.396 e. The number of allylic oxidation sites excluding steroid dienone is 2. The summed E-state index contributed by atoms with van der Waals surface area (Å²) in [5.41, 5.74) is 5.44. The Hall–Kier alpha value is -1.20. The number of rotatable bonds is 11. The molecule has 0 fully saturated rings. The van der Waals surface area contributed by atoms with E-state index in [0.717, 1.165) is 12.8 Å². The van der Waals surface area contributed by atoms with E-state index >= 15 is 0 Å². The fourth-order valence-corrected chi connectivity index (χ4v) is 2.28. The molecule has 0 aromatic carbocycles. The van der Waals surface area contributed by atoms with Crippen LogP contribution in [0, 0.1) is 11.8 Å². The number of nitrogens with two attached hydrogens (primary N) is 1. The highest BCUT2D eigenvalue weighted by Gasteiger charge is 2.25. The lowest BCUT2D eigenvalue weighted by Crippen LogP contribution is -2.43. The van der Waals surface area contributed by atoms with Crippen molar-refractivity contribution in [3.8, 4) is 0 Å². The first-order valence-corrected chi connectivity index (χ1v) is 7.72. The molecule has 0 aromatic heterocycles. The summed E-state index contributed by atoms with van der Waals surface area (Å²) in [6.45, 7) is 5.84. The van der Waals surface area contributed by atoms with E-state index in [4.69, 9.17) is 10.8 Å². The molecule has 0 saturated carbocycles. The molecule has 0 bridgehead atoms. The Balaban J connectivity index is 4.60. The quantitative estimate of drug-likeness (QED) is 0.397. The van der Waals surface area contributed by atoms with E-state index in [-0.39, 0.29) is 30.1 Å². The van der Waals surface area contributed by atoms with Crippen LogP contribution in [0.2, 0.25) is 0 Å². The Kier molecular flexibility index (Phi) is 10.8. The van der Waals surface area contributed by atoms with Crippen LogP contribution in [0.25, 0.3) is 0 Å². The molecule has 5 heteroatoms. The summed E-state index contributed by atoms with van der Waals surface area (Å²) in [5.74, 6) is -0.460. The molecule has 21 heavy (non-hydrogen) atoms. The number of aliphatic hydroxyl groups is 1. The molecule has 0 unspecified atom stereocenters. The van der Waals surface area contributed by atoms with Crippen molar-refractivity contribution in [2.45, 2.75) is 52.5 Å². The molecule has 0 saturated heterocycles. The van der Waals surface area contributed by atoms with Gasteiger partial charge in [-0.15, -0.1) is 0 Å². The van der Waals surface area contributed by atoms with Crippen molar-refractivity contribution >= 4 is 11.7 Å². The first-order valence-electron chi connectivity index (χ1n) is 7.72. The lowest BCUT2D eigenvalue weighted by Gasteiger charge is -2.23. The Morgan fingerprint density at radius 1 is 1.29 bits per heavy atom. The highest BCUT2D eigenvalue weighted by atomic mass is 16.3. The summed E-state index contributed by atoms with van der Waals surface area (Å²) in [6.07, 6.45) is 6.65. The largest absolute Gasteiger partial charge is 0.396 e. The summed E-state index contributed by atoms with van der Waals surface area (Å²) < 4.78 is 0. The molecule has 5 nitrogen and oxygen atoms in total. The minimum atomic E-state index is -0.438. The second-order valence-electron chi connectivity index (χ2n) is 5.45. The Labute approximate surface area is 128 Å². The van der Waals surface area contributed by atoms with Crippen LogP contribution in [0.3, 0.4) is 0 Å². The van der Waals surface area contributed by atoms with Crippen LogP contribution >= 0.6 is 0 Å². The number of unbranched alkanes of at least 4 members (excludes halogenated alkanes) is 1. The molecular weight excluding hydrogens is 268 g/mol. The molecule has 0 aliphatic carbocycles. The van der Waals surface area contributed by atoms with Gasteiger partial charge < -0.3 is 16.2 Å². The average molecular weight is 298 g/mol. The normalized spacial score (nSPS) is 15.7. The van der Waals surface area contributed by atoms with Gasteiger partial charge in [-0.05, 0) is 52.0 Å². The summed E-state index contributed by atoms with van der Waals surface area (Å²) in [7, 11) is 0. The van der Waals surface area contributed by atoms with E-state index in [1.54, 1.807) is 0 Å². The number of carbonyl (C=O) groups is 2. The predicted molar refractivity (Wildman–Crippen MR) is 84.7 cm³/mol. The van der Waals surface area contributed by atoms with Gasteiger partial charge in [-0.2, -0.15) is 0 Å². The van der Waals surface area contributed by atoms with Crippen LogP contribution < -0.4 is 11.1 Å². The van der Waals surface area contributed by atoms with Crippen LogP contribution in [-0.2, 0) is 9.59 Å². The first kappa shape index (κ1) is 19.8. The third-order valence-corrected chi connectivity index (χ3v) is 3.71. The number of hydrogen-bond donors (Lipinski definition) is 3. The fourth-order valence-electron chi connectivity index (χ4n) is 2.28. The van der Waals surface area contributed by atoms with E-state index in [2.05, 4.69) is 5.32 Å². The van der Waals surface area contributed by atoms with Gasteiger partial charge >= 0.3 is 0 Å². The molecule has 4 N–H and O–H groups in total. The lowest BCUT2D eigenvalue weighted by atomic mass is 9.89. The van der Waals surface area contributed by atoms with Gasteiger partial charge in [-0.1, -0.05) is 19.1 Å². The van der Waals surface area contributed by atoms with Crippen molar-refractivity contribution < 1.29 is 14.7 Å². The second-order valence-corrected chi connectivity index (χ2v) is 5.45. The van der Waals surface area contributed by atoms with Gasteiger partial charge in [-0.3, -0.25) is 9.59 Å². The second kappa shape index (κ2) is 11.5. The summed E-state index contributed by atoms with van der Waals surface area (Å²) in [6, 6.07) is -0.438. The van der Waals surface area contributed by atoms with Crippen LogP contribution in [0.5, 0.6) is 0 Å². The van der Waals surface area contributed by atoms with Crippen molar-refractivity contribution in [2.24, 2.45) is 17.6 Å². The first-order chi connectivity index (χ1) is 9.97. The van der Waals surface area contributed by atoms with E-state index in [0.29, 0.717) is 19.4 Å². The molecular formula is C16H30N2O3. The van der Waals surface area contributed by atoms with Crippen LogP contribution in [0.4, 0.5) is 0 Å². The number of ketones is 1. The Bertz CT molecular complexity index is 342. The molecule has 0 aliphatic heterocycles. The molecule has 0 rings (SSSR count). The van der Waals surface area contributed by atoms with Gasteiger partial charge in [-0.25, -0.2) is 0 Å². The smallest absolute Gasteiger partial charge is 0.224 e. The average Bonchev–Trinajstić information content (AvgIpc) is 2.45. The molecule has 0 aliphatic rings. The van der Waals surface area contributed by atoms with Crippen LogP contribution in [-0.4, -0.2) is 36.0 Å². The maximum atomic E-state index is 12.3. The lowest BCUT2D eigenvalue weighted by molar-refractivity contribution is -0.130. The SMILES string of the molecule is C/C=C/[C@@H](CCO)[C@@H](C)C(=O)N[C@@H](CCCCN)C(C)=O. The molecule has 1 amide bonds. The maximum absolute atomic E-state index is 12.3. The van der Waals surface area contributed by atoms with Gasteiger partial charge in [0.25, 0.3) is 0 Å². The van der Waals surface area contributed by atoms with Crippen molar-refractivity contribution in [3.05, 3.63) is 12.2 Å². The van der Waals surface area contributed by atoms with Crippen molar-refractivity contribution in [1.82, 2.24) is 5.32 Å². The van der Waals surface area contributed by atoms with Crippen molar-refractivity contribution in [1.29, 1.82) is 0 Å². The molecule has 0 radical (unpaired) electrons. The zero-order valence-corrected chi connectivity index (χ0v) is 13.5. The fraction of sp³-hybridized carbons (Fsp3) is 0.750. The standard InChI is InChI=1S/C16H30N2O3/c1-4-7-14(9-11-19)12(2)16(21)18-15(13(3)20)8-5-6-10-17/h4,7,12,14-15,19H,5-6,8-11,17H2,1-3H3,(H,18,21)/b7-4+/t12-,14+,15+/m1/s1. The zero-order chi connectivity index (χ0) is 16.3. The summed E-state index contributed by atoms with van der Waals surface area (Å²) >= 11 is 0. The molecule has 3 atom stereocenters. The van der Waals surface area contributed by atoms with Gasteiger partial charge in [0, 0.05) is 12.5 Å². The highest BCUT2D eigenvalue weighted by Crippen LogP contribution is 2.18. The topological polar surface area (TPSA) is 92.4 Å². The number of aliphatic hydroxyl groups excluding tert-OH is 1. The number of nitrogens with one attached hydrogen (secondary N) is 1. The number of Topliss-reactive ketones (excluding diaryl/α,β-unsaturated/α-hetero) is 1. The molecule has 122 valence electrons. The van der Waals surface area contributed by atoms with E-state index < -0.39 is 6.04 Å². The van der Waals surface area contributed by atoms with Crippen LogP contribution in [0.15, 0.2) is 12.2 Å². The van der Waals surface area contributed by atoms with Gasteiger partial charge in [0.1, 0.15) is 0 Å². The van der Waals surface area contributed by atoms with Gasteiger partial charge in [0.15, 0.2) is 5.78 Å². The van der Waals surface area contributed by atoms with Crippen molar-refractivity contribution in [2.75, 3.05) is 13.2 Å². The van der Waals surface area contributed by atoms with E-state index in [1.807, 2.05) is 26.0 Å². The summed E-state index contributed by atoms with van der Waals surface area (Å²) in [5, 5.41) is 11.9. The minimum absolute atomic E-state index is 0.0170. The predicted octanol–water partition coefficient (Wildman–Crippen LogP) is 1.40. The number of carbonyl (C=O) groups excluding carboxylic acids is 2. The maximum Gasteiger partial charge on any atom is 0.224 e. The van der Waals surface area contributed by atoms with Crippen molar-refractivity contribution in [3.63, 3.8) is 0 Å². The van der Waals surface area contributed by atoms with Gasteiger partial charge in [0.05, 0.1) is 6.04 Å². The summed E-state index contributed by atoms with van der Waals surface area (Å²) in [4.78, 5) is 23.9. The zero-order valence-electron chi connectivity index (χ0n) is 13.5. The Morgan fingerprint density at radius 3 is 2.43 bits per heavy atom. The third kappa shape index (κ3) is 7.97. The molecule has 0 aromatic rings. The van der Waals surface area contributed by atoms with E-state index in [9.17, 15) is 9.59 Å². The third-order valence-electron chi connectivity index (χ3n) is 3.71. The van der Waals surface area contributed by atoms with Crippen LogP contribution in [0.1, 0.15) is 46.5 Å².